The molecule has 2 aromatic rings. The van der Waals surface area contributed by atoms with Crippen molar-refractivity contribution in [1.82, 2.24) is 15.6 Å². The summed E-state index contributed by atoms with van der Waals surface area (Å²) in [5, 5.41) is 19.0. The maximum atomic E-state index is 12.9. The van der Waals surface area contributed by atoms with Crippen molar-refractivity contribution in [3.05, 3.63) is 52.5 Å². The van der Waals surface area contributed by atoms with Crippen molar-refractivity contribution in [3.63, 3.8) is 0 Å². The Hall–Kier alpha value is -2.64. The van der Waals surface area contributed by atoms with Gasteiger partial charge in [-0.15, -0.1) is 0 Å². The molecular formula is C25H33ClN6O. The SMILES string of the molecule is N=C(C(=O)NC1CCNCC1)c1ccc(N2CCCCCC2)nc1NCc1ccccc1Cl. The summed E-state index contributed by atoms with van der Waals surface area (Å²) < 4.78 is 0. The molecule has 8 heteroatoms. The summed E-state index contributed by atoms with van der Waals surface area (Å²) in [6.45, 7) is 4.18. The molecule has 2 aliphatic rings. The number of hydrogen-bond acceptors (Lipinski definition) is 6. The van der Waals surface area contributed by atoms with Crippen molar-refractivity contribution >= 4 is 34.9 Å². The number of hydrogen-bond donors (Lipinski definition) is 4. The third-order valence-corrected chi connectivity index (χ3v) is 6.75. The van der Waals surface area contributed by atoms with E-state index >= 15 is 0 Å². The van der Waals surface area contributed by atoms with Crippen LogP contribution in [0, 0.1) is 5.41 Å². The highest BCUT2D eigenvalue weighted by Gasteiger charge is 2.22. The van der Waals surface area contributed by atoms with Gasteiger partial charge < -0.3 is 20.9 Å². The fourth-order valence-electron chi connectivity index (χ4n) is 4.43. The number of carbonyl (C=O) groups excluding carboxylic acids is 1. The quantitative estimate of drug-likeness (QED) is 0.461. The molecule has 4 N–H and O–H groups in total. The largest absolute Gasteiger partial charge is 0.365 e. The number of pyridine rings is 1. The third kappa shape index (κ3) is 6.24. The average Bonchev–Trinajstić information content (AvgIpc) is 3.13. The lowest BCUT2D eigenvalue weighted by molar-refractivity contribution is -0.115. The molecule has 3 heterocycles. The van der Waals surface area contributed by atoms with Crippen LogP contribution < -0.4 is 20.9 Å². The van der Waals surface area contributed by atoms with Crippen LogP contribution in [0.4, 0.5) is 11.6 Å². The van der Waals surface area contributed by atoms with Gasteiger partial charge in [0.25, 0.3) is 5.91 Å². The number of amides is 1. The van der Waals surface area contributed by atoms with E-state index in [0.29, 0.717) is 22.9 Å². The molecule has 0 saturated carbocycles. The minimum atomic E-state index is -0.355. The highest BCUT2D eigenvalue weighted by atomic mass is 35.5. The zero-order chi connectivity index (χ0) is 23.0. The molecule has 2 fully saturated rings. The number of rotatable bonds is 7. The van der Waals surface area contributed by atoms with Gasteiger partial charge in [0, 0.05) is 36.3 Å². The van der Waals surface area contributed by atoms with Crippen molar-refractivity contribution in [2.24, 2.45) is 0 Å². The molecule has 176 valence electrons. The fraction of sp³-hybridized carbons (Fsp3) is 0.480. The van der Waals surface area contributed by atoms with Gasteiger partial charge in [-0.3, -0.25) is 10.2 Å². The molecule has 0 aliphatic carbocycles. The van der Waals surface area contributed by atoms with E-state index in [-0.39, 0.29) is 17.7 Å². The van der Waals surface area contributed by atoms with Crippen molar-refractivity contribution in [2.75, 3.05) is 36.4 Å². The lowest BCUT2D eigenvalue weighted by Gasteiger charge is -2.25. The first-order valence-electron chi connectivity index (χ1n) is 12.0. The number of nitrogens with one attached hydrogen (secondary N) is 4. The predicted octanol–water partition coefficient (Wildman–Crippen LogP) is 3.96. The van der Waals surface area contributed by atoms with Gasteiger partial charge in [-0.25, -0.2) is 4.98 Å². The van der Waals surface area contributed by atoms with Crippen LogP contribution in [0.25, 0.3) is 0 Å². The van der Waals surface area contributed by atoms with Crippen LogP contribution in [0.2, 0.25) is 5.02 Å². The van der Waals surface area contributed by atoms with E-state index in [4.69, 9.17) is 22.0 Å². The van der Waals surface area contributed by atoms with E-state index in [9.17, 15) is 4.79 Å². The van der Waals surface area contributed by atoms with Crippen molar-refractivity contribution < 1.29 is 4.79 Å². The van der Waals surface area contributed by atoms with Gasteiger partial charge in [0.15, 0.2) is 0 Å². The van der Waals surface area contributed by atoms with Crippen molar-refractivity contribution in [3.8, 4) is 0 Å². The Balaban J connectivity index is 1.56. The zero-order valence-electron chi connectivity index (χ0n) is 19.0. The molecule has 0 spiro atoms. The lowest BCUT2D eigenvalue weighted by atomic mass is 10.1. The van der Waals surface area contributed by atoms with E-state index < -0.39 is 0 Å². The molecule has 2 aliphatic heterocycles. The molecule has 0 unspecified atom stereocenters. The molecule has 4 rings (SSSR count). The highest BCUT2D eigenvalue weighted by Crippen LogP contribution is 2.24. The Morgan fingerprint density at radius 1 is 1.09 bits per heavy atom. The maximum Gasteiger partial charge on any atom is 0.270 e. The molecule has 1 aromatic heterocycles. The number of benzene rings is 1. The molecule has 7 nitrogen and oxygen atoms in total. The van der Waals surface area contributed by atoms with Gasteiger partial charge in [0.1, 0.15) is 17.3 Å². The summed E-state index contributed by atoms with van der Waals surface area (Å²) in [6, 6.07) is 11.6. The molecule has 0 bridgehead atoms. The summed E-state index contributed by atoms with van der Waals surface area (Å²) in [5.41, 5.74) is 1.38. The van der Waals surface area contributed by atoms with Crippen LogP contribution in [0.3, 0.4) is 0 Å². The minimum Gasteiger partial charge on any atom is -0.365 e. The highest BCUT2D eigenvalue weighted by molar-refractivity contribution is 6.45. The Morgan fingerprint density at radius 3 is 2.55 bits per heavy atom. The standard InChI is InChI=1S/C25H33ClN6O/c26-21-8-4-3-7-18(21)17-29-24-20(23(27)25(33)30-19-11-13-28-14-12-19)9-10-22(31-24)32-15-5-1-2-6-16-32/h3-4,7-10,19,27-28H,1-2,5-6,11-17H2,(H,29,31)(H,30,33). The monoisotopic (exact) mass is 468 g/mol. The first kappa shape index (κ1) is 23.5. The van der Waals surface area contributed by atoms with E-state index in [1.54, 1.807) is 0 Å². The van der Waals surface area contributed by atoms with Crippen molar-refractivity contribution in [1.29, 1.82) is 5.41 Å². The number of carbonyl (C=O) groups is 1. The topological polar surface area (TPSA) is 93.1 Å². The summed E-state index contributed by atoms with van der Waals surface area (Å²) in [7, 11) is 0. The second-order valence-corrected chi connectivity index (χ2v) is 9.19. The Morgan fingerprint density at radius 2 is 1.82 bits per heavy atom. The van der Waals surface area contributed by atoms with Gasteiger partial charge in [-0.1, -0.05) is 42.6 Å². The van der Waals surface area contributed by atoms with Crippen molar-refractivity contribution in [2.45, 2.75) is 51.1 Å². The third-order valence-electron chi connectivity index (χ3n) is 6.39. The molecule has 33 heavy (non-hydrogen) atoms. The van der Waals surface area contributed by atoms with Gasteiger partial charge in [0.05, 0.1) is 0 Å². The minimum absolute atomic E-state index is 0.0647. The Bertz CT molecular complexity index is 967. The first-order chi connectivity index (χ1) is 16.1. The second kappa shape index (κ2) is 11.5. The number of nitrogens with zero attached hydrogens (tertiary/aromatic N) is 2. The van der Waals surface area contributed by atoms with E-state index in [0.717, 1.165) is 63.2 Å². The summed E-state index contributed by atoms with van der Waals surface area (Å²) >= 11 is 6.34. The fourth-order valence-corrected chi connectivity index (χ4v) is 4.63. The molecule has 1 aromatic carbocycles. The van der Waals surface area contributed by atoms with Crippen LogP contribution in [-0.4, -0.2) is 48.8 Å². The molecule has 0 atom stereocenters. The smallest absolute Gasteiger partial charge is 0.270 e. The summed E-state index contributed by atoms with van der Waals surface area (Å²) in [5.74, 6) is 1.07. The molecule has 1 amide bonds. The molecular weight excluding hydrogens is 436 g/mol. The maximum absolute atomic E-state index is 12.9. The number of halogens is 1. The van der Waals surface area contributed by atoms with E-state index in [1.165, 1.54) is 12.8 Å². The summed E-state index contributed by atoms with van der Waals surface area (Å²) in [4.78, 5) is 20.1. The van der Waals surface area contributed by atoms with Gasteiger partial charge in [-0.05, 0) is 62.5 Å². The van der Waals surface area contributed by atoms with Crippen LogP contribution in [-0.2, 0) is 11.3 Å². The normalized spacial score (nSPS) is 17.3. The van der Waals surface area contributed by atoms with Gasteiger partial charge in [0.2, 0.25) is 0 Å². The van der Waals surface area contributed by atoms with Crippen LogP contribution >= 0.6 is 11.6 Å². The van der Waals surface area contributed by atoms with E-state index in [1.807, 2.05) is 36.4 Å². The van der Waals surface area contributed by atoms with Crippen LogP contribution in [0.5, 0.6) is 0 Å². The average molecular weight is 469 g/mol. The second-order valence-electron chi connectivity index (χ2n) is 8.78. The zero-order valence-corrected chi connectivity index (χ0v) is 19.8. The molecule has 2 saturated heterocycles. The summed E-state index contributed by atoms with van der Waals surface area (Å²) in [6.07, 6.45) is 6.55. The van der Waals surface area contributed by atoms with E-state index in [2.05, 4.69) is 20.9 Å². The first-order valence-corrected chi connectivity index (χ1v) is 12.3. The number of aromatic nitrogens is 1. The van der Waals surface area contributed by atoms with Gasteiger partial charge >= 0.3 is 0 Å². The van der Waals surface area contributed by atoms with Gasteiger partial charge in [-0.2, -0.15) is 0 Å². The number of piperidine rings is 1. The van der Waals surface area contributed by atoms with Crippen LogP contribution in [0.15, 0.2) is 36.4 Å². The number of anilines is 2. The Labute approximate surface area is 200 Å². The Kier molecular flexibility index (Phi) is 8.18. The molecule has 0 radical (unpaired) electrons. The predicted molar refractivity (Wildman–Crippen MR) is 135 cm³/mol. The van der Waals surface area contributed by atoms with Crippen LogP contribution in [0.1, 0.15) is 49.7 Å². The lowest BCUT2D eigenvalue weighted by Crippen LogP contribution is -2.45.